The number of thiophene rings is 8. The van der Waals surface area contributed by atoms with Gasteiger partial charge in [0, 0.05) is 80.8 Å². The molecule has 8 heteroatoms. The lowest BCUT2D eigenvalue weighted by Gasteiger charge is -2.30. The molecule has 0 fully saturated rings. The van der Waals surface area contributed by atoms with Gasteiger partial charge in [0.2, 0.25) is 0 Å². The summed E-state index contributed by atoms with van der Waals surface area (Å²) in [5.41, 5.74) is 5.55. The van der Waals surface area contributed by atoms with Crippen molar-refractivity contribution >= 4 is 113 Å². The van der Waals surface area contributed by atoms with Crippen LogP contribution in [0.3, 0.4) is 0 Å². The van der Waals surface area contributed by atoms with Crippen molar-refractivity contribution in [1.82, 2.24) is 0 Å². The first-order valence-electron chi connectivity index (χ1n) is 13.9. The Morgan fingerprint density at radius 3 is 0.659 bits per heavy atom. The van der Waals surface area contributed by atoms with Crippen LogP contribution in [0.2, 0.25) is 0 Å². The Labute approximate surface area is 287 Å². The van der Waals surface area contributed by atoms with Crippen molar-refractivity contribution in [2.45, 2.75) is 0 Å². The van der Waals surface area contributed by atoms with Crippen molar-refractivity contribution in [3.63, 3.8) is 0 Å². The Kier molecular flexibility index (Phi) is 7.14. The predicted octanol–water partition coefficient (Wildman–Crippen LogP) is 14.4. The number of allylic oxidation sites excluding steroid dienone is 4. The van der Waals surface area contributed by atoms with E-state index in [1.165, 1.54) is 80.8 Å². The van der Waals surface area contributed by atoms with Gasteiger partial charge < -0.3 is 0 Å². The third-order valence-electron chi connectivity index (χ3n) is 7.47. The largest absolute Gasteiger partial charge is 0.143 e. The SMILES string of the molecule is c1csc(-c2ccc(C3=C(c4ccc(-c5cccs5)s4)C(c4ccc(-c5cccs5)s4)=C3c3ccc(-c4cccs4)s3)s2)c1. The Hall–Kier alpha value is -2.92. The molecule has 0 N–H and O–H groups in total. The van der Waals surface area contributed by atoms with E-state index in [2.05, 4.69) is 119 Å². The monoisotopic (exact) mass is 708 g/mol. The fraction of sp³-hybridized carbons (Fsp3) is 0. The van der Waals surface area contributed by atoms with E-state index in [-0.39, 0.29) is 0 Å². The van der Waals surface area contributed by atoms with Gasteiger partial charge >= 0.3 is 0 Å². The topological polar surface area (TPSA) is 0 Å². The molecule has 0 unspecified atom stereocenters. The normalized spacial score (nSPS) is 13.3. The van der Waals surface area contributed by atoms with E-state index < -0.39 is 0 Å². The molecule has 0 aromatic carbocycles. The van der Waals surface area contributed by atoms with Crippen LogP contribution in [0.15, 0.2) is 119 Å². The van der Waals surface area contributed by atoms with Gasteiger partial charge in [-0.2, -0.15) is 0 Å². The zero-order chi connectivity index (χ0) is 29.0. The van der Waals surface area contributed by atoms with E-state index in [0.29, 0.717) is 0 Å². The minimum Gasteiger partial charge on any atom is -0.143 e. The summed E-state index contributed by atoms with van der Waals surface area (Å²) in [6.07, 6.45) is 0. The van der Waals surface area contributed by atoms with Gasteiger partial charge in [-0.15, -0.1) is 90.7 Å². The van der Waals surface area contributed by atoms with Gasteiger partial charge in [-0.3, -0.25) is 0 Å². The molecule has 212 valence electrons. The van der Waals surface area contributed by atoms with Gasteiger partial charge in [-0.1, -0.05) is 24.3 Å². The van der Waals surface area contributed by atoms with Crippen LogP contribution in [0.5, 0.6) is 0 Å². The number of hydrogen-bond donors (Lipinski definition) is 0. The first kappa shape index (κ1) is 27.4. The Morgan fingerprint density at radius 1 is 0.227 bits per heavy atom. The van der Waals surface area contributed by atoms with Crippen LogP contribution in [0, 0.1) is 0 Å². The lowest BCUT2D eigenvalue weighted by molar-refractivity contribution is 1.70. The van der Waals surface area contributed by atoms with Crippen LogP contribution in [0.4, 0.5) is 0 Å². The zero-order valence-electron chi connectivity index (χ0n) is 22.8. The maximum atomic E-state index is 2.35. The first-order valence-corrected chi connectivity index (χ1v) is 20.6. The highest BCUT2D eigenvalue weighted by Crippen LogP contribution is 2.61. The fourth-order valence-electron chi connectivity index (χ4n) is 5.52. The zero-order valence-corrected chi connectivity index (χ0v) is 29.3. The molecule has 8 heterocycles. The molecule has 0 amide bonds. The van der Waals surface area contributed by atoms with E-state index in [9.17, 15) is 0 Å². The van der Waals surface area contributed by atoms with Crippen molar-refractivity contribution in [1.29, 1.82) is 0 Å². The summed E-state index contributed by atoms with van der Waals surface area (Å²) >= 11 is 14.9. The Balaban J connectivity index is 1.25. The van der Waals surface area contributed by atoms with Crippen LogP contribution in [-0.2, 0) is 0 Å². The molecule has 8 aromatic heterocycles. The van der Waals surface area contributed by atoms with Crippen LogP contribution in [0.25, 0.3) is 61.3 Å². The molecule has 0 nitrogen and oxygen atoms in total. The third kappa shape index (κ3) is 4.76. The second kappa shape index (κ2) is 11.5. The standard InChI is InChI=1S/C36H20S8/c1-5-21(37-17-1)25-9-13-29(41-25)33-34(30-14-10-26(42-30)22-6-2-18-38-22)36(32-16-12-28(44-32)24-8-4-20-40-24)35(33)31-15-11-27(43-31)23-7-3-19-39-23/h1-20H. The molecule has 9 rings (SSSR count). The summed E-state index contributed by atoms with van der Waals surface area (Å²) in [7, 11) is 0. The van der Waals surface area contributed by atoms with E-state index in [1.54, 1.807) is 0 Å². The Morgan fingerprint density at radius 2 is 0.455 bits per heavy atom. The molecule has 1 aliphatic carbocycles. The summed E-state index contributed by atoms with van der Waals surface area (Å²) in [6.45, 7) is 0. The molecular formula is C36H20S8. The highest BCUT2D eigenvalue weighted by atomic mass is 32.1. The number of rotatable bonds is 8. The minimum absolute atomic E-state index is 1.33. The van der Waals surface area contributed by atoms with Crippen molar-refractivity contribution in [3.8, 4) is 39.0 Å². The molecule has 0 saturated heterocycles. The van der Waals surface area contributed by atoms with Crippen LogP contribution < -0.4 is 0 Å². The third-order valence-corrected chi connectivity index (χ3v) is 16.1. The van der Waals surface area contributed by atoms with E-state index in [1.807, 2.05) is 90.7 Å². The molecule has 44 heavy (non-hydrogen) atoms. The van der Waals surface area contributed by atoms with Crippen molar-refractivity contribution in [2.75, 3.05) is 0 Å². The summed E-state index contributed by atoms with van der Waals surface area (Å²) in [6, 6.07) is 36.1. The van der Waals surface area contributed by atoms with Crippen LogP contribution >= 0.6 is 90.7 Å². The van der Waals surface area contributed by atoms with Crippen LogP contribution in [0.1, 0.15) is 19.5 Å². The molecule has 0 saturated carbocycles. The average Bonchev–Trinajstić information content (AvgIpc) is 3.90. The van der Waals surface area contributed by atoms with Gasteiger partial charge in [-0.25, -0.2) is 0 Å². The molecule has 8 aromatic rings. The lowest BCUT2D eigenvalue weighted by atomic mass is 9.77. The summed E-state index contributed by atoms with van der Waals surface area (Å²) in [4.78, 5) is 16.0. The lowest BCUT2D eigenvalue weighted by Crippen LogP contribution is -2.07. The van der Waals surface area contributed by atoms with Crippen LogP contribution in [-0.4, -0.2) is 0 Å². The predicted molar refractivity (Wildman–Crippen MR) is 204 cm³/mol. The van der Waals surface area contributed by atoms with Gasteiger partial charge in [0.15, 0.2) is 0 Å². The molecule has 0 radical (unpaired) electrons. The average molecular weight is 709 g/mol. The molecular weight excluding hydrogens is 689 g/mol. The Bertz CT molecular complexity index is 1920. The highest BCUT2D eigenvalue weighted by Gasteiger charge is 2.36. The van der Waals surface area contributed by atoms with Crippen molar-refractivity contribution in [2.24, 2.45) is 0 Å². The van der Waals surface area contributed by atoms with Gasteiger partial charge in [-0.05, 0) is 94.3 Å². The maximum Gasteiger partial charge on any atom is 0.0449 e. The molecule has 0 spiro atoms. The van der Waals surface area contributed by atoms with Crippen molar-refractivity contribution < 1.29 is 0 Å². The van der Waals surface area contributed by atoms with Gasteiger partial charge in [0.05, 0.1) is 0 Å². The van der Waals surface area contributed by atoms with Crippen molar-refractivity contribution in [3.05, 3.63) is 138 Å². The molecule has 0 aliphatic heterocycles. The second-order valence-electron chi connectivity index (χ2n) is 10.1. The fourth-order valence-corrected chi connectivity index (χ4v) is 13.1. The summed E-state index contributed by atoms with van der Waals surface area (Å²) in [5.74, 6) is 0. The molecule has 1 aliphatic rings. The maximum absolute atomic E-state index is 2.35. The first-order chi connectivity index (χ1) is 21.8. The van der Waals surface area contributed by atoms with Gasteiger partial charge in [0.1, 0.15) is 0 Å². The van der Waals surface area contributed by atoms with Gasteiger partial charge in [0.25, 0.3) is 0 Å². The highest BCUT2D eigenvalue weighted by molar-refractivity contribution is 7.25. The molecule has 0 atom stereocenters. The quantitative estimate of drug-likeness (QED) is 0.147. The summed E-state index contributed by atoms with van der Waals surface area (Å²) in [5, 5.41) is 8.68. The van der Waals surface area contributed by atoms with E-state index >= 15 is 0 Å². The number of hydrogen-bond acceptors (Lipinski definition) is 8. The minimum atomic E-state index is 1.33. The van der Waals surface area contributed by atoms with E-state index in [4.69, 9.17) is 0 Å². The summed E-state index contributed by atoms with van der Waals surface area (Å²) < 4.78 is 0. The van der Waals surface area contributed by atoms with E-state index in [0.717, 1.165) is 0 Å². The smallest absolute Gasteiger partial charge is 0.0449 e. The molecule has 0 bridgehead atoms. The second-order valence-corrected chi connectivity index (χ2v) is 18.2.